The fourth-order valence-electron chi connectivity index (χ4n) is 7.92. The quantitative estimate of drug-likeness (QED) is 0.0344. The second-order valence-electron chi connectivity index (χ2n) is 17.5. The molecule has 0 saturated heterocycles. The van der Waals surface area contributed by atoms with Gasteiger partial charge in [-0.2, -0.15) is 0 Å². The number of carbonyl (C=O) groups excluding carboxylic acids is 3. The molecule has 0 aliphatic carbocycles. The SMILES string of the molecule is CCCCCC(CCCCC)CCOC(=O)CCCCCCCC(CCCCCCCC(=O)OCCC(CCCCC)CCCCC)OC(=O)CCCN(C)CC. The van der Waals surface area contributed by atoms with Crippen molar-refractivity contribution in [3.05, 3.63) is 0 Å². The van der Waals surface area contributed by atoms with Crippen LogP contribution < -0.4 is 0 Å². The van der Waals surface area contributed by atoms with Crippen molar-refractivity contribution in [2.75, 3.05) is 33.4 Å². The summed E-state index contributed by atoms with van der Waals surface area (Å²) in [5.74, 6) is 1.24. The van der Waals surface area contributed by atoms with E-state index in [0.29, 0.717) is 44.3 Å². The van der Waals surface area contributed by atoms with Crippen molar-refractivity contribution in [2.45, 2.75) is 259 Å². The lowest BCUT2D eigenvalue weighted by atomic mass is 9.92. The zero-order valence-corrected chi connectivity index (χ0v) is 39.0. The van der Waals surface area contributed by atoms with Gasteiger partial charge >= 0.3 is 17.9 Å². The largest absolute Gasteiger partial charge is 0.466 e. The van der Waals surface area contributed by atoms with E-state index in [1.807, 2.05) is 0 Å². The third-order valence-corrected chi connectivity index (χ3v) is 12.0. The standard InChI is InChI=1S/C50H97NO6/c1-7-12-22-31-45(32-23-13-8-2)40-43-55-48(52)37-28-20-16-18-26-35-47(57-50(54)39-30-42-51(6)11-5)36-27-19-17-21-29-38-49(53)56-44-41-46(33-24-14-9-3)34-25-15-10-4/h45-47H,7-44H2,1-6H3. The van der Waals surface area contributed by atoms with Crippen LogP contribution in [0.5, 0.6) is 0 Å². The molecular weight excluding hydrogens is 711 g/mol. The van der Waals surface area contributed by atoms with Gasteiger partial charge in [0.2, 0.25) is 0 Å². The molecule has 0 aromatic heterocycles. The van der Waals surface area contributed by atoms with E-state index < -0.39 is 0 Å². The van der Waals surface area contributed by atoms with Crippen LogP contribution >= 0.6 is 0 Å². The van der Waals surface area contributed by atoms with Gasteiger partial charge in [-0.3, -0.25) is 14.4 Å². The molecule has 7 nitrogen and oxygen atoms in total. The van der Waals surface area contributed by atoms with Gasteiger partial charge in [-0.25, -0.2) is 0 Å². The van der Waals surface area contributed by atoms with Gasteiger partial charge in [-0.1, -0.05) is 176 Å². The van der Waals surface area contributed by atoms with E-state index in [-0.39, 0.29) is 24.0 Å². The van der Waals surface area contributed by atoms with E-state index in [1.54, 1.807) is 0 Å². The number of carbonyl (C=O) groups is 3. The number of esters is 3. The third kappa shape index (κ3) is 38.3. The molecule has 0 atom stereocenters. The molecule has 57 heavy (non-hydrogen) atoms. The van der Waals surface area contributed by atoms with Gasteiger partial charge in [-0.05, 0) is 89.8 Å². The highest BCUT2D eigenvalue weighted by atomic mass is 16.5. The van der Waals surface area contributed by atoms with Gasteiger partial charge in [0.25, 0.3) is 0 Å². The molecule has 0 aromatic rings. The Morgan fingerprint density at radius 1 is 0.404 bits per heavy atom. The molecule has 0 unspecified atom stereocenters. The summed E-state index contributed by atoms with van der Waals surface area (Å²) in [6, 6.07) is 0. The number of hydrogen-bond acceptors (Lipinski definition) is 7. The van der Waals surface area contributed by atoms with Crippen LogP contribution in [-0.4, -0.2) is 62.3 Å². The van der Waals surface area contributed by atoms with Crippen molar-refractivity contribution in [3.8, 4) is 0 Å². The minimum Gasteiger partial charge on any atom is -0.466 e. The van der Waals surface area contributed by atoms with Gasteiger partial charge in [0, 0.05) is 19.3 Å². The van der Waals surface area contributed by atoms with Gasteiger partial charge < -0.3 is 19.1 Å². The van der Waals surface area contributed by atoms with Crippen molar-refractivity contribution < 1.29 is 28.6 Å². The Bertz CT molecular complexity index is 820. The lowest BCUT2D eigenvalue weighted by Crippen LogP contribution is -2.22. The summed E-state index contributed by atoms with van der Waals surface area (Å²) < 4.78 is 17.3. The van der Waals surface area contributed by atoms with E-state index in [2.05, 4.69) is 46.6 Å². The Hall–Kier alpha value is -1.63. The predicted octanol–water partition coefficient (Wildman–Crippen LogP) is 14.5. The monoisotopic (exact) mass is 808 g/mol. The highest BCUT2D eigenvalue weighted by molar-refractivity contribution is 5.70. The van der Waals surface area contributed by atoms with Crippen molar-refractivity contribution in [1.82, 2.24) is 4.90 Å². The molecule has 338 valence electrons. The lowest BCUT2D eigenvalue weighted by molar-refractivity contribution is -0.150. The van der Waals surface area contributed by atoms with E-state index in [0.717, 1.165) is 109 Å². The Morgan fingerprint density at radius 3 is 1.14 bits per heavy atom. The van der Waals surface area contributed by atoms with Gasteiger partial charge in [-0.15, -0.1) is 0 Å². The third-order valence-electron chi connectivity index (χ3n) is 12.0. The normalized spacial score (nSPS) is 11.7. The smallest absolute Gasteiger partial charge is 0.306 e. The molecule has 0 aliphatic rings. The molecule has 0 saturated carbocycles. The molecule has 0 fully saturated rings. The first-order chi connectivity index (χ1) is 27.8. The average molecular weight is 808 g/mol. The molecule has 0 bridgehead atoms. The Morgan fingerprint density at radius 2 is 0.754 bits per heavy atom. The van der Waals surface area contributed by atoms with Gasteiger partial charge in [0.1, 0.15) is 6.10 Å². The number of nitrogens with zero attached hydrogens (tertiary/aromatic N) is 1. The van der Waals surface area contributed by atoms with Crippen molar-refractivity contribution in [2.24, 2.45) is 11.8 Å². The molecule has 0 aliphatic heterocycles. The van der Waals surface area contributed by atoms with Crippen LogP contribution in [0.15, 0.2) is 0 Å². The molecule has 0 aromatic carbocycles. The summed E-state index contributed by atoms with van der Waals surface area (Å²) >= 11 is 0. The number of ether oxygens (including phenoxy) is 3. The molecular formula is C50H97NO6. The first-order valence-electron chi connectivity index (χ1n) is 25.0. The fraction of sp³-hybridized carbons (Fsp3) is 0.940. The Kier molecular flexibility index (Phi) is 41.3. The highest BCUT2D eigenvalue weighted by Crippen LogP contribution is 2.23. The fourth-order valence-corrected chi connectivity index (χ4v) is 7.92. The maximum absolute atomic E-state index is 12.7. The summed E-state index contributed by atoms with van der Waals surface area (Å²) in [4.78, 5) is 39.8. The van der Waals surface area contributed by atoms with Crippen molar-refractivity contribution in [3.63, 3.8) is 0 Å². The average Bonchev–Trinajstić information content (AvgIpc) is 3.19. The summed E-state index contributed by atoms with van der Waals surface area (Å²) in [5.41, 5.74) is 0. The number of unbranched alkanes of at least 4 members (excludes halogenated alkanes) is 16. The molecule has 0 spiro atoms. The first-order valence-corrected chi connectivity index (χ1v) is 25.0. The topological polar surface area (TPSA) is 82.1 Å². The minimum absolute atomic E-state index is 0.0214. The van der Waals surface area contributed by atoms with E-state index in [9.17, 15) is 14.4 Å². The van der Waals surface area contributed by atoms with E-state index in [4.69, 9.17) is 14.2 Å². The second-order valence-corrected chi connectivity index (χ2v) is 17.5. The molecule has 0 amide bonds. The Balaban J connectivity index is 4.40. The van der Waals surface area contributed by atoms with Crippen LogP contribution in [0, 0.1) is 11.8 Å². The summed E-state index contributed by atoms with van der Waals surface area (Å²) in [6.07, 6.45) is 36.9. The maximum atomic E-state index is 12.7. The van der Waals surface area contributed by atoms with Crippen LogP contribution in [0.3, 0.4) is 0 Å². The van der Waals surface area contributed by atoms with Gasteiger partial charge in [0.05, 0.1) is 13.2 Å². The maximum Gasteiger partial charge on any atom is 0.306 e. The van der Waals surface area contributed by atoms with Crippen LogP contribution in [0.25, 0.3) is 0 Å². The zero-order chi connectivity index (χ0) is 42.0. The molecule has 7 heteroatoms. The summed E-state index contributed by atoms with van der Waals surface area (Å²) in [7, 11) is 2.09. The molecule has 0 radical (unpaired) electrons. The highest BCUT2D eigenvalue weighted by Gasteiger charge is 2.16. The molecule has 0 N–H and O–H groups in total. The summed E-state index contributed by atoms with van der Waals surface area (Å²) in [5, 5.41) is 0. The lowest BCUT2D eigenvalue weighted by Gasteiger charge is -2.19. The summed E-state index contributed by atoms with van der Waals surface area (Å²) in [6.45, 7) is 14.2. The predicted molar refractivity (Wildman–Crippen MR) is 242 cm³/mol. The second kappa shape index (κ2) is 42.5. The zero-order valence-electron chi connectivity index (χ0n) is 39.0. The number of hydrogen-bond donors (Lipinski definition) is 0. The van der Waals surface area contributed by atoms with Crippen molar-refractivity contribution in [1.29, 1.82) is 0 Å². The van der Waals surface area contributed by atoms with E-state index >= 15 is 0 Å². The van der Waals surface area contributed by atoms with Gasteiger partial charge in [0.15, 0.2) is 0 Å². The van der Waals surface area contributed by atoms with E-state index in [1.165, 1.54) is 103 Å². The molecule has 0 rings (SSSR count). The van der Waals surface area contributed by atoms with Crippen LogP contribution in [0.4, 0.5) is 0 Å². The first kappa shape index (κ1) is 55.4. The van der Waals surface area contributed by atoms with Crippen LogP contribution in [-0.2, 0) is 28.6 Å². The van der Waals surface area contributed by atoms with Crippen molar-refractivity contribution >= 4 is 17.9 Å². The molecule has 0 heterocycles. The number of rotatable bonds is 44. The van der Waals surface area contributed by atoms with Crippen LogP contribution in [0.1, 0.15) is 253 Å². The minimum atomic E-state index is -0.0667. The Labute approximate surface area is 354 Å². The van der Waals surface area contributed by atoms with Crippen LogP contribution in [0.2, 0.25) is 0 Å².